The molecule has 0 unspecified atom stereocenters. The number of thiophene rings is 1. The van der Waals surface area contributed by atoms with E-state index in [-0.39, 0.29) is 33.0 Å². The molecule has 0 saturated heterocycles. The topological polar surface area (TPSA) is 75.6 Å². The predicted molar refractivity (Wildman–Crippen MR) is 120 cm³/mol. The van der Waals surface area contributed by atoms with E-state index in [4.69, 9.17) is 4.74 Å². The number of halogens is 2. The van der Waals surface area contributed by atoms with Gasteiger partial charge in [0.05, 0.1) is 0 Å². The first-order valence-corrected chi connectivity index (χ1v) is 10.7. The van der Waals surface area contributed by atoms with Crippen molar-refractivity contribution >= 4 is 28.2 Å². The van der Waals surface area contributed by atoms with Crippen molar-refractivity contribution in [3.8, 4) is 16.9 Å². The number of carboxylic acid groups (broad SMARTS) is 1. The molecule has 32 heavy (non-hydrogen) atoms. The lowest BCUT2D eigenvalue weighted by atomic mass is 10.0. The van der Waals surface area contributed by atoms with Crippen LogP contribution in [0.3, 0.4) is 0 Å². The number of aromatic carboxylic acids is 1. The minimum absolute atomic E-state index is 0.000602. The maximum Gasteiger partial charge on any atom is 0.339 e. The van der Waals surface area contributed by atoms with Crippen LogP contribution in [0.4, 0.5) is 13.8 Å². The molecule has 0 bridgehead atoms. The number of nitrogens with one attached hydrogen (secondary N) is 1. The number of allylic oxidation sites excluding steroid dienone is 1. The maximum absolute atomic E-state index is 14.5. The summed E-state index contributed by atoms with van der Waals surface area (Å²) in [6, 6.07) is 9.84. The van der Waals surface area contributed by atoms with E-state index >= 15 is 0 Å². The van der Waals surface area contributed by atoms with Gasteiger partial charge in [-0.1, -0.05) is 37.3 Å². The Labute approximate surface area is 188 Å². The molecule has 5 nitrogen and oxygen atoms in total. The summed E-state index contributed by atoms with van der Waals surface area (Å²) in [6.45, 7) is 5.07. The Morgan fingerprint density at radius 1 is 1.06 bits per heavy atom. The van der Waals surface area contributed by atoms with Crippen LogP contribution in [0.25, 0.3) is 11.1 Å². The first-order chi connectivity index (χ1) is 15.2. The molecule has 2 aromatic carbocycles. The van der Waals surface area contributed by atoms with Crippen LogP contribution in [0.1, 0.15) is 34.8 Å². The van der Waals surface area contributed by atoms with Gasteiger partial charge in [0.25, 0.3) is 5.91 Å². The fraction of sp³-hybridized carbons (Fsp3) is 0.167. The lowest BCUT2D eigenvalue weighted by Crippen LogP contribution is -2.19. The van der Waals surface area contributed by atoms with Crippen molar-refractivity contribution in [3.63, 3.8) is 0 Å². The van der Waals surface area contributed by atoms with Gasteiger partial charge in [0, 0.05) is 16.5 Å². The number of carbonyl (C=O) groups is 2. The zero-order valence-corrected chi connectivity index (χ0v) is 18.5. The second-order valence-corrected chi connectivity index (χ2v) is 7.89. The van der Waals surface area contributed by atoms with E-state index in [9.17, 15) is 23.5 Å². The van der Waals surface area contributed by atoms with Gasteiger partial charge in [-0.05, 0) is 43.5 Å². The summed E-state index contributed by atoms with van der Waals surface area (Å²) in [5.74, 6) is -3.72. The average Bonchev–Trinajstić information content (AvgIpc) is 3.16. The highest BCUT2D eigenvalue weighted by Crippen LogP contribution is 2.38. The van der Waals surface area contributed by atoms with Gasteiger partial charge in [-0.3, -0.25) is 4.79 Å². The fourth-order valence-electron chi connectivity index (χ4n) is 3.03. The van der Waals surface area contributed by atoms with E-state index < -0.39 is 23.5 Å². The maximum atomic E-state index is 14.5. The van der Waals surface area contributed by atoms with E-state index in [1.807, 2.05) is 26.0 Å². The monoisotopic (exact) mass is 457 g/mol. The van der Waals surface area contributed by atoms with Crippen molar-refractivity contribution in [3.05, 3.63) is 81.9 Å². The quantitative estimate of drug-likeness (QED) is 0.322. The van der Waals surface area contributed by atoms with E-state index in [1.54, 1.807) is 18.2 Å². The Kier molecular flexibility index (Phi) is 7.05. The molecule has 0 spiro atoms. The number of hydrogen-bond donors (Lipinski definition) is 2. The summed E-state index contributed by atoms with van der Waals surface area (Å²) in [6.07, 6.45) is 2.08. The Bertz CT molecular complexity index is 1220. The van der Waals surface area contributed by atoms with Crippen molar-refractivity contribution < 1.29 is 28.2 Å². The zero-order chi connectivity index (χ0) is 23.4. The molecule has 8 heteroatoms. The normalized spacial score (nSPS) is 11.3. The van der Waals surface area contributed by atoms with Gasteiger partial charge < -0.3 is 15.2 Å². The van der Waals surface area contributed by atoms with Crippen LogP contribution >= 0.6 is 11.3 Å². The van der Waals surface area contributed by atoms with Crippen molar-refractivity contribution in [1.29, 1.82) is 0 Å². The molecule has 0 radical (unpaired) electrons. The molecule has 0 atom stereocenters. The third-order valence-electron chi connectivity index (χ3n) is 4.72. The standard InChI is InChI=1S/C24H21F2NO4S/c1-4-7-18(31-17-9-6-5-8-13(17)2)22(28)27-23-19(24(29)30)16(12-32-23)15-11-10-14(3)20(25)21(15)26/h5-12H,4H2,1-3H3,(H,27,28)(H,29,30)/b18-7-. The molecule has 0 fully saturated rings. The zero-order valence-electron chi connectivity index (χ0n) is 17.7. The molecule has 0 aliphatic heterocycles. The van der Waals surface area contributed by atoms with E-state index in [0.717, 1.165) is 16.9 Å². The van der Waals surface area contributed by atoms with Crippen LogP contribution in [0, 0.1) is 25.5 Å². The number of carbonyl (C=O) groups excluding carboxylic acids is 1. The SMILES string of the molecule is CC/C=C(\Oc1ccccc1C)C(=O)Nc1scc(-c2ccc(C)c(F)c2F)c1C(=O)O. The number of ether oxygens (including phenoxy) is 1. The summed E-state index contributed by atoms with van der Waals surface area (Å²) in [4.78, 5) is 24.8. The highest BCUT2D eigenvalue weighted by molar-refractivity contribution is 7.15. The van der Waals surface area contributed by atoms with Crippen LogP contribution in [-0.2, 0) is 4.79 Å². The molecule has 2 N–H and O–H groups in total. The molecular formula is C24H21F2NO4S. The number of carboxylic acids is 1. The lowest BCUT2D eigenvalue weighted by molar-refractivity contribution is -0.114. The van der Waals surface area contributed by atoms with Gasteiger partial charge in [-0.25, -0.2) is 13.6 Å². The average molecular weight is 457 g/mol. The van der Waals surface area contributed by atoms with Crippen molar-refractivity contribution in [1.82, 2.24) is 0 Å². The van der Waals surface area contributed by atoms with Gasteiger partial charge in [0.15, 0.2) is 17.4 Å². The highest BCUT2D eigenvalue weighted by atomic mass is 32.1. The molecule has 166 valence electrons. The highest BCUT2D eigenvalue weighted by Gasteiger charge is 2.25. The van der Waals surface area contributed by atoms with Gasteiger partial charge >= 0.3 is 5.97 Å². The Morgan fingerprint density at radius 3 is 2.44 bits per heavy atom. The number of rotatable bonds is 7. The summed E-state index contributed by atoms with van der Waals surface area (Å²) in [7, 11) is 0. The van der Waals surface area contributed by atoms with Crippen LogP contribution in [0.2, 0.25) is 0 Å². The Morgan fingerprint density at radius 2 is 1.78 bits per heavy atom. The predicted octanol–water partition coefficient (Wildman–Crippen LogP) is 6.32. The Balaban J connectivity index is 1.96. The first kappa shape index (κ1) is 23.1. The van der Waals surface area contributed by atoms with Crippen LogP contribution in [0.15, 0.2) is 53.6 Å². The molecule has 1 amide bonds. The van der Waals surface area contributed by atoms with Crippen molar-refractivity contribution in [2.75, 3.05) is 5.32 Å². The second-order valence-electron chi connectivity index (χ2n) is 7.01. The van der Waals surface area contributed by atoms with Crippen molar-refractivity contribution in [2.24, 2.45) is 0 Å². The molecular weight excluding hydrogens is 436 g/mol. The van der Waals surface area contributed by atoms with Gasteiger partial charge in [0.1, 0.15) is 16.3 Å². The molecule has 0 aliphatic carbocycles. The lowest BCUT2D eigenvalue weighted by Gasteiger charge is -2.12. The van der Waals surface area contributed by atoms with Gasteiger partial charge in [0.2, 0.25) is 0 Å². The van der Waals surface area contributed by atoms with E-state index in [0.29, 0.717) is 12.2 Å². The van der Waals surface area contributed by atoms with Gasteiger partial charge in [-0.2, -0.15) is 0 Å². The fourth-order valence-corrected chi connectivity index (χ4v) is 3.98. The molecule has 0 aliphatic rings. The summed E-state index contributed by atoms with van der Waals surface area (Å²) in [5.41, 5.74) is 0.397. The molecule has 1 aromatic heterocycles. The van der Waals surface area contributed by atoms with Crippen LogP contribution in [-0.4, -0.2) is 17.0 Å². The minimum Gasteiger partial charge on any atom is -0.478 e. The number of aryl methyl sites for hydroxylation is 2. The molecule has 3 aromatic rings. The first-order valence-electron chi connectivity index (χ1n) is 9.79. The number of anilines is 1. The number of hydrogen-bond acceptors (Lipinski definition) is 4. The van der Waals surface area contributed by atoms with Crippen molar-refractivity contribution in [2.45, 2.75) is 27.2 Å². The van der Waals surface area contributed by atoms with E-state index in [2.05, 4.69) is 5.32 Å². The summed E-state index contributed by atoms with van der Waals surface area (Å²) in [5, 5.41) is 13.6. The Hall–Kier alpha value is -3.52. The molecule has 1 heterocycles. The summed E-state index contributed by atoms with van der Waals surface area (Å²) < 4.78 is 34.3. The van der Waals surface area contributed by atoms with Crippen LogP contribution in [0.5, 0.6) is 5.75 Å². The van der Waals surface area contributed by atoms with Gasteiger partial charge in [-0.15, -0.1) is 11.3 Å². The second kappa shape index (κ2) is 9.74. The number of para-hydroxylation sites is 1. The van der Waals surface area contributed by atoms with E-state index in [1.165, 1.54) is 24.4 Å². The number of benzene rings is 2. The minimum atomic E-state index is -1.38. The van der Waals surface area contributed by atoms with Crippen LogP contribution < -0.4 is 10.1 Å². The third kappa shape index (κ3) is 4.70. The summed E-state index contributed by atoms with van der Waals surface area (Å²) >= 11 is 0.907. The largest absolute Gasteiger partial charge is 0.478 e. The number of amides is 1. The smallest absolute Gasteiger partial charge is 0.339 e. The molecule has 0 saturated carbocycles. The third-order valence-corrected chi connectivity index (χ3v) is 5.62. The molecule has 3 rings (SSSR count).